The second-order valence-electron chi connectivity index (χ2n) is 5.92. The number of nitrogens with two attached hydrogens (primary N) is 2. The lowest BCUT2D eigenvalue weighted by molar-refractivity contribution is 0.0697. The number of primary sulfonamides is 1. The number of aromatic nitrogens is 2. The SMILES string of the molecule is Nc1nc(NCc2ccc(S(N)(=O)=O)cc2)cc(-c2ccc(C(=O)O)cc2)n1. The molecule has 144 valence electrons. The van der Waals surface area contributed by atoms with Gasteiger partial charge in [0.1, 0.15) is 5.82 Å². The highest BCUT2D eigenvalue weighted by molar-refractivity contribution is 7.89. The molecule has 0 aliphatic carbocycles. The van der Waals surface area contributed by atoms with Crippen LogP contribution in [0.15, 0.2) is 59.5 Å². The second-order valence-corrected chi connectivity index (χ2v) is 7.48. The van der Waals surface area contributed by atoms with E-state index in [0.717, 1.165) is 5.56 Å². The molecule has 10 heteroatoms. The molecule has 0 bridgehead atoms. The molecule has 0 spiro atoms. The van der Waals surface area contributed by atoms with Crippen LogP contribution in [0.2, 0.25) is 0 Å². The van der Waals surface area contributed by atoms with Crippen molar-refractivity contribution in [2.75, 3.05) is 11.1 Å². The monoisotopic (exact) mass is 399 g/mol. The number of carboxylic acids is 1. The molecule has 3 rings (SSSR count). The number of nitrogens with one attached hydrogen (secondary N) is 1. The number of hydrogen-bond acceptors (Lipinski definition) is 7. The molecule has 0 saturated carbocycles. The van der Waals surface area contributed by atoms with Crippen molar-refractivity contribution >= 4 is 27.8 Å². The summed E-state index contributed by atoms with van der Waals surface area (Å²) in [4.78, 5) is 19.3. The number of sulfonamides is 1. The molecule has 0 aliphatic heterocycles. The van der Waals surface area contributed by atoms with Crippen molar-refractivity contribution in [3.63, 3.8) is 0 Å². The van der Waals surface area contributed by atoms with E-state index in [1.54, 1.807) is 30.3 Å². The molecule has 0 saturated heterocycles. The summed E-state index contributed by atoms with van der Waals surface area (Å²) in [6.07, 6.45) is 0. The van der Waals surface area contributed by atoms with Gasteiger partial charge in [0.05, 0.1) is 16.2 Å². The topological polar surface area (TPSA) is 161 Å². The van der Waals surface area contributed by atoms with Crippen LogP contribution in [0.4, 0.5) is 11.8 Å². The van der Waals surface area contributed by atoms with E-state index in [1.807, 2.05) is 0 Å². The third-order valence-electron chi connectivity index (χ3n) is 3.90. The quantitative estimate of drug-likeness (QED) is 0.487. The van der Waals surface area contributed by atoms with Crippen LogP contribution < -0.4 is 16.2 Å². The second kappa shape index (κ2) is 7.62. The lowest BCUT2D eigenvalue weighted by Crippen LogP contribution is -2.12. The van der Waals surface area contributed by atoms with Gasteiger partial charge in [0, 0.05) is 18.2 Å². The van der Waals surface area contributed by atoms with Gasteiger partial charge >= 0.3 is 5.97 Å². The van der Waals surface area contributed by atoms with Gasteiger partial charge in [-0.3, -0.25) is 0 Å². The summed E-state index contributed by atoms with van der Waals surface area (Å²) in [5.74, 6) is -0.475. The summed E-state index contributed by atoms with van der Waals surface area (Å²) in [6.45, 7) is 0.374. The first-order valence-corrected chi connectivity index (χ1v) is 9.61. The fraction of sp³-hybridized carbons (Fsp3) is 0.0556. The van der Waals surface area contributed by atoms with Gasteiger partial charge in [0.15, 0.2) is 0 Å². The minimum atomic E-state index is -3.73. The molecule has 28 heavy (non-hydrogen) atoms. The Morgan fingerprint density at radius 2 is 1.68 bits per heavy atom. The standard InChI is InChI=1S/C18H17N5O4S/c19-18-22-15(12-3-5-13(6-4-12)17(24)25)9-16(23-18)21-10-11-1-7-14(8-2-11)28(20,26)27/h1-9H,10H2,(H,24,25)(H2,20,26,27)(H3,19,21,22,23). The Kier molecular flexibility index (Phi) is 5.25. The van der Waals surface area contributed by atoms with Gasteiger partial charge in [-0.2, -0.15) is 4.98 Å². The molecule has 0 atom stereocenters. The summed E-state index contributed by atoms with van der Waals surface area (Å²) < 4.78 is 22.6. The van der Waals surface area contributed by atoms with Gasteiger partial charge in [-0.05, 0) is 29.8 Å². The first-order chi connectivity index (χ1) is 13.2. The number of carbonyl (C=O) groups is 1. The number of nitrogen functional groups attached to an aromatic ring is 1. The van der Waals surface area contributed by atoms with Crippen LogP contribution >= 0.6 is 0 Å². The van der Waals surface area contributed by atoms with Crippen molar-refractivity contribution in [3.05, 3.63) is 65.7 Å². The Hall–Kier alpha value is -3.50. The van der Waals surface area contributed by atoms with Crippen LogP contribution in [0.3, 0.4) is 0 Å². The molecule has 0 radical (unpaired) electrons. The van der Waals surface area contributed by atoms with E-state index in [-0.39, 0.29) is 16.4 Å². The van der Waals surface area contributed by atoms with Gasteiger partial charge in [-0.1, -0.05) is 24.3 Å². The summed E-state index contributed by atoms with van der Waals surface area (Å²) in [5, 5.41) is 17.2. The van der Waals surface area contributed by atoms with E-state index in [1.165, 1.54) is 24.3 Å². The molecule has 2 aromatic carbocycles. The molecule has 1 heterocycles. The van der Waals surface area contributed by atoms with Crippen molar-refractivity contribution in [2.24, 2.45) is 5.14 Å². The Morgan fingerprint density at radius 1 is 1.04 bits per heavy atom. The zero-order valence-electron chi connectivity index (χ0n) is 14.5. The molecular formula is C18H17N5O4S. The van der Waals surface area contributed by atoms with Crippen molar-refractivity contribution in [3.8, 4) is 11.3 Å². The van der Waals surface area contributed by atoms with Crippen molar-refractivity contribution in [1.29, 1.82) is 0 Å². The predicted molar refractivity (Wildman–Crippen MR) is 104 cm³/mol. The van der Waals surface area contributed by atoms with E-state index >= 15 is 0 Å². The van der Waals surface area contributed by atoms with Gasteiger partial charge in [-0.25, -0.2) is 23.3 Å². The molecule has 1 aromatic heterocycles. The van der Waals surface area contributed by atoms with Gasteiger partial charge in [0.2, 0.25) is 16.0 Å². The first-order valence-electron chi connectivity index (χ1n) is 8.06. The summed E-state index contributed by atoms with van der Waals surface area (Å²) in [6, 6.07) is 14.1. The highest BCUT2D eigenvalue weighted by Gasteiger charge is 2.09. The van der Waals surface area contributed by atoms with E-state index in [4.69, 9.17) is 16.0 Å². The Balaban J connectivity index is 1.77. The lowest BCUT2D eigenvalue weighted by Gasteiger charge is -2.09. The maximum Gasteiger partial charge on any atom is 0.335 e. The number of anilines is 2. The minimum absolute atomic E-state index is 0.0367. The highest BCUT2D eigenvalue weighted by atomic mass is 32.2. The Bertz CT molecular complexity index is 1110. The third-order valence-corrected chi connectivity index (χ3v) is 4.83. The molecule has 0 fully saturated rings. The maximum absolute atomic E-state index is 11.3. The van der Waals surface area contributed by atoms with Crippen LogP contribution in [-0.2, 0) is 16.6 Å². The molecule has 0 amide bonds. The molecular weight excluding hydrogens is 382 g/mol. The molecule has 0 aliphatic rings. The first kappa shape index (κ1) is 19.3. The number of hydrogen-bond donors (Lipinski definition) is 4. The number of carboxylic acid groups (broad SMARTS) is 1. The molecule has 0 unspecified atom stereocenters. The number of aromatic carboxylic acids is 1. The van der Waals surface area contributed by atoms with Gasteiger partial charge in [-0.15, -0.1) is 0 Å². The van der Waals surface area contributed by atoms with Crippen LogP contribution in [0.25, 0.3) is 11.3 Å². The smallest absolute Gasteiger partial charge is 0.335 e. The average Bonchev–Trinajstić information content (AvgIpc) is 2.65. The van der Waals surface area contributed by atoms with E-state index in [2.05, 4.69) is 15.3 Å². The minimum Gasteiger partial charge on any atom is -0.478 e. The van der Waals surface area contributed by atoms with Gasteiger partial charge < -0.3 is 16.2 Å². The number of benzene rings is 2. The predicted octanol–water partition coefficient (Wildman–Crippen LogP) is 1.68. The largest absolute Gasteiger partial charge is 0.478 e. The maximum atomic E-state index is 11.3. The van der Waals surface area contributed by atoms with Crippen molar-refractivity contribution in [1.82, 2.24) is 9.97 Å². The van der Waals surface area contributed by atoms with E-state index in [9.17, 15) is 13.2 Å². The Morgan fingerprint density at radius 3 is 2.25 bits per heavy atom. The van der Waals surface area contributed by atoms with Crippen molar-refractivity contribution in [2.45, 2.75) is 11.4 Å². The summed E-state index contributed by atoms with van der Waals surface area (Å²) in [7, 11) is -3.73. The zero-order valence-corrected chi connectivity index (χ0v) is 15.3. The Labute approximate surface area is 161 Å². The van der Waals surface area contributed by atoms with Crippen LogP contribution in [-0.4, -0.2) is 29.5 Å². The van der Waals surface area contributed by atoms with Crippen molar-refractivity contribution < 1.29 is 18.3 Å². The van der Waals surface area contributed by atoms with Crippen LogP contribution in [0.5, 0.6) is 0 Å². The fourth-order valence-electron chi connectivity index (χ4n) is 2.48. The average molecular weight is 399 g/mol. The summed E-state index contributed by atoms with van der Waals surface area (Å²) in [5.41, 5.74) is 8.00. The van der Waals surface area contributed by atoms with Crippen LogP contribution in [0, 0.1) is 0 Å². The highest BCUT2D eigenvalue weighted by Crippen LogP contribution is 2.22. The van der Waals surface area contributed by atoms with E-state index < -0.39 is 16.0 Å². The zero-order chi connectivity index (χ0) is 20.3. The fourth-order valence-corrected chi connectivity index (χ4v) is 2.99. The number of rotatable bonds is 6. The third kappa shape index (κ3) is 4.61. The van der Waals surface area contributed by atoms with Crippen LogP contribution in [0.1, 0.15) is 15.9 Å². The van der Waals surface area contributed by atoms with Gasteiger partial charge in [0.25, 0.3) is 0 Å². The number of nitrogens with zero attached hydrogens (tertiary/aromatic N) is 2. The van der Waals surface area contributed by atoms with E-state index in [0.29, 0.717) is 23.6 Å². The molecule has 3 aromatic rings. The molecule has 9 nitrogen and oxygen atoms in total. The lowest BCUT2D eigenvalue weighted by atomic mass is 10.1. The summed E-state index contributed by atoms with van der Waals surface area (Å²) >= 11 is 0. The normalized spacial score (nSPS) is 11.2. The molecule has 6 N–H and O–H groups in total.